The molecule has 0 saturated carbocycles. The minimum Gasteiger partial charge on any atom is -0.396 e. The number of hydrogen-bond acceptors (Lipinski definition) is 3. The smallest absolute Gasteiger partial charge is 0.323 e. The Morgan fingerprint density at radius 3 is 2.38 bits per heavy atom. The van der Waals surface area contributed by atoms with Gasteiger partial charge in [0.1, 0.15) is 5.82 Å². The minimum atomic E-state index is -0.696. The van der Waals surface area contributed by atoms with Crippen LogP contribution in [0.4, 0.5) is 20.6 Å². The van der Waals surface area contributed by atoms with Gasteiger partial charge in [0.2, 0.25) is 0 Å². The predicted molar refractivity (Wildman–Crippen MR) is 99.5 cm³/mol. The van der Waals surface area contributed by atoms with Gasteiger partial charge in [-0.3, -0.25) is 4.79 Å². The fourth-order valence-corrected chi connectivity index (χ4v) is 2.63. The Bertz CT molecular complexity index is 798. The molecule has 9 heteroatoms. The van der Waals surface area contributed by atoms with E-state index in [1.54, 1.807) is 0 Å². The van der Waals surface area contributed by atoms with E-state index in [0.717, 1.165) is 12.1 Å². The molecule has 4 N–H and O–H groups in total. The average Bonchev–Trinajstić information content (AvgIpc) is 2.53. The third kappa shape index (κ3) is 5.87. The Balaban J connectivity index is 2.13. The second-order valence-corrected chi connectivity index (χ2v) is 6.13. The standard InChI is InChI=1S/C17H16Cl2FN3O3/c18-10-6-11(19)8-13(7-10)22-17(26)23-15-9-12(20)2-3-14(15)16(25)21-4-1-5-24/h2-3,6-9,24H,1,4-5H2,(H,21,25)(H2,22,23,26). The molecule has 0 unspecified atom stereocenters. The molecule has 6 nitrogen and oxygen atoms in total. The highest BCUT2D eigenvalue weighted by Crippen LogP contribution is 2.23. The number of urea groups is 1. The molecule has 138 valence electrons. The molecule has 3 amide bonds. The first-order valence-electron chi connectivity index (χ1n) is 7.62. The second kappa shape index (κ2) is 9.38. The highest BCUT2D eigenvalue weighted by Gasteiger charge is 2.14. The Hall–Kier alpha value is -2.35. The van der Waals surface area contributed by atoms with Crippen LogP contribution in [0.5, 0.6) is 0 Å². The summed E-state index contributed by atoms with van der Waals surface area (Å²) in [5, 5.41) is 16.9. The topological polar surface area (TPSA) is 90.5 Å². The molecule has 0 saturated heterocycles. The summed E-state index contributed by atoms with van der Waals surface area (Å²) in [6.07, 6.45) is 0.381. The molecule has 0 fully saturated rings. The van der Waals surface area contributed by atoms with Crippen LogP contribution in [-0.4, -0.2) is 30.2 Å². The molecule has 0 aliphatic carbocycles. The third-order valence-corrected chi connectivity index (χ3v) is 3.65. The van der Waals surface area contributed by atoms with Gasteiger partial charge in [0.25, 0.3) is 5.91 Å². The molecule has 0 aromatic heterocycles. The van der Waals surface area contributed by atoms with Crippen molar-refractivity contribution in [1.29, 1.82) is 0 Å². The predicted octanol–water partition coefficient (Wildman–Crippen LogP) is 3.89. The van der Waals surface area contributed by atoms with Gasteiger partial charge >= 0.3 is 6.03 Å². The number of amides is 3. The Labute approximate surface area is 159 Å². The van der Waals surface area contributed by atoms with Crippen LogP contribution in [0.25, 0.3) is 0 Å². The summed E-state index contributed by atoms with van der Waals surface area (Å²) in [6, 6.07) is 7.19. The zero-order valence-corrected chi connectivity index (χ0v) is 15.0. The number of benzene rings is 2. The molecule has 0 aliphatic rings. The summed E-state index contributed by atoms with van der Waals surface area (Å²) in [7, 11) is 0. The number of halogens is 3. The SMILES string of the molecule is O=C(Nc1cc(Cl)cc(Cl)c1)Nc1cc(F)ccc1C(=O)NCCCO. The number of rotatable bonds is 6. The van der Waals surface area contributed by atoms with Gasteiger partial charge in [-0.25, -0.2) is 9.18 Å². The van der Waals surface area contributed by atoms with Crippen molar-refractivity contribution in [2.24, 2.45) is 0 Å². The van der Waals surface area contributed by atoms with Crippen LogP contribution in [0.15, 0.2) is 36.4 Å². The second-order valence-electron chi connectivity index (χ2n) is 5.26. The fraction of sp³-hybridized carbons (Fsp3) is 0.176. The van der Waals surface area contributed by atoms with Crippen molar-refractivity contribution in [3.05, 3.63) is 57.8 Å². The van der Waals surface area contributed by atoms with Crippen molar-refractivity contribution >= 4 is 46.5 Å². The molecule has 2 aromatic carbocycles. The summed E-state index contributed by atoms with van der Waals surface area (Å²) in [6.45, 7) is 0.179. The van der Waals surface area contributed by atoms with E-state index in [4.69, 9.17) is 28.3 Å². The zero-order valence-electron chi connectivity index (χ0n) is 13.5. The maximum atomic E-state index is 13.5. The van der Waals surface area contributed by atoms with Crippen molar-refractivity contribution in [3.63, 3.8) is 0 Å². The maximum Gasteiger partial charge on any atom is 0.323 e. The summed E-state index contributed by atoms with van der Waals surface area (Å²) in [5.74, 6) is -1.11. The Morgan fingerprint density at radius 1 is 1.04 bits per heavy atom. The minimum absolute atomic E-state index is 0.00266. The molecule has 0 heterocycles. The summed E-state index contributed by atoms with van der Waals surface area (Å²) in [5.41, 5.74) is 0.422. The van der Waals surface area contributed by atoms with Crippen LogP contribution in [-0.2, 0) is 0 Å². The maximum absolute atomic E-state index is 13.5. The number of anilines is 2. The molecule has 0 radical (unpaired) electrons. The molecule has 0 bridgehead atoms. The van der Waals surface area contributed by atoms with E-state index in [-0.39, 0.29) is 24.4 Å². The first-order chi connectivity index (χ1) is 12.4. The average molecular weight is 400 g/mol. The van der Waals surface area contributed by atoms with Crippen molar-refractivity contribution < 1.29 is 19.1 Å². The van der Waals surface area contributed by atoms with Crippen molar-refractivity contribution in [2.75, 3.05) is 23.8 Å². The highest BCUT2D eigenvalue weighted by molar-refractivity contribution is 6.35. The number of aliphatic hydroxyl groups excluding tert-OH is 1. The van der Waals surface area contributed by atoms with Gasteiger partial charge in [0.05, 0.1) is 11.3 Å². The van der Waals surface area contributed by atoms with E-state index >= 15 is 0 Å². The fourth-order valence-electron chi connectivity index (χ4n) is 2.10. The van der Waals surface area contributed by atoms with Gasteiger partial charge in [-0.15, -0.1) is 0 Å². The van der Waals surface area contributed by atoms with E-state index in [0.29, 0.717) is 22.2 Å². The lowest BCUT2D eigenvalue weighted by Crippen LogP contribution is -2.27. The van der Waals surface area contributed by atoms with Crippen LogP contribution < -0.4 is 16.0 Å². The van der Waals surface area contributed by atoms with Crippen molar-refractivity contribution in [3.8, 4) is 0 Å². The van der Waals surface area contributed by atoms with Gasteiger partial charge in [-0.1, -0.05) is 23.2 Å². The van der Waals surface area contributed by atoms with Crippen LogP contribution in [0.1, 0.15) is 16.8 Å². The molecule has 0 spiro atoms. The van der Waals surface area contributed by atoms with Gasteiger partial charge in [0, 0.05) is 28.9 Å². The molecule has 2 rings (SSSR count). The van der Waals surface area contributed by atoms with Gasteiger partial charge in [0.15, 0.2) is 0 Å². The lowest BCUT2D eigenvalue weighted by atomic mass is 10.1. The molecular weight excluding hydrogens is 384 g/mol. The zero-order chi connectivity index (χ0) is 19.1. The highest BCUT2D eigenvalue weighted by atomic mass is 35.5. The van der Waals surface area contributed by atoms with E-state index in [1.807, 2.05) is 0 Å². The first kappa shape index (κ1) is 20.0. The Morgan fingerprint density at radius 2 is 1.73 bits per heavy atom. The third-order valence-electron chi connectivity index (χ3n) is 3.22. The largest absolute Gasteiger partial charge is 0.396 e. The van der Waals surface area contributed by atoms with E-state index in [9.17, 15) is 14.0 Å². The summed E-state index contributed by atoms with van der Waals surface area (Å²) in [4.78, 5) is 24.3. The van der Waals surface area contributed by atoms with Crippen LogP contribution >= 0.6 is 23.2 Å². The van der Waals surface area contributed by atoms with E-state index in [1.165, 1.54) is 24.3 Å². The number of aliphatic hydroxyl groups is 1. The molecule has 2 aromatic rings. The summed E-state index contributed by atoms with van der Waals surface area (Å²) < 4.78 is 13.5. The molecule has 0 atom stereocenters. The van der Waals surface area contributed by atoms with Crippen molar-refractivity contribution in [2.45, 2.75) is 6.42 Å². The monoisotopic (exact) mass is 399 g/mol. The molecule has 26 heavy (non-hydrogen) atoms. The molecular formula is C17H16Cl2FN3O3. The van der Waals surface area contributed by atoms with Gasteiger partial charge in [-0.2, -0.15) is 0 Å². The normalized spacial score (nSPS) is 10.3. The van der Waals surface area contributed by atoms with Crippen LogP contribution in [0.2, 0.25) is 10.0 Å². The first-order valence-corrected chi connectivity index (χ1v) is 8.37. The Kier molecular flexibility index (Phi) is 7.20. The number of carbonyl (C=O) groups excluding carboxylic acids is 2. The van der Waals surface area contributed by atoms with E-state index < -0.39 is 17.8 Å². The summed E-state index contributed by atoms with van der Waals surface area (Å²) >= 11 is 11.7. The van der Waals surface area contributed by atoms with Gasteiger partial charge in [-0.05, 0) is 42.8 Å². The van der Waals surface area contributed by atoms with E-state index in [2.05, 4.69) is 16.0 Å². The number of carbonyl (C=O) groups is 2. The number of nitrogens with one attached hydrogen (secondary N) is 3. The molecule has 0 aliphatic heterocycles. The van der Waals surface area contributed by atoms with Crippen LogP contribution in [0.3, 0.4) is 0 Å². The number of hydrogen-bond donors (Lipinski definition) is 4. The van der Waals surface area contributed by atoms with Gasteiger partial charge < -0.3 is 21.1 Å². The van der Waals surface area contributed by atoms with Crippen molar-refractivity contribution in [1.82, 2.24) is 5.32 Å². The quantitative estimate of drug-likeness (QED) is 0.555. The van der Waals surface area contributed by atoms with Crippen LogP contribution in [0, 0.1) is 5.82 Å². The lowest BCUT2D eigenvalue weighted by Gasteiger charge is -2.13. The lowest BCUT2D eigenvalue weighted by molar-refractivity contribution is 0.0952.